The van der Waals surface area contributed by atoms with Crippen molar-refractivity contribution in [1.29, 1.82) is 0 Å². The van der Waals surface area contributed by atoms with Crippen molar-refractivity contribution >= 4 is 22.5 Å². The molecule has 2 heterocycles. The van der Waals surface area contributed by atoms with Crippen LogP contribution >= 0.6 is 0 Å². The second kappa shape index (κ2) is 4.61. The van der Waals surface area contributed by atoms with Crippen LogP contribution in [0.5, 0.6) is 5.88 Å². The van der Waals surface area contributed by atoms with Crippen LogP contribution in [0.2, 0.25) is 0 Å². The second-order valence-electron chi connectivity index (χ2n) is 4.31. The van der Waals surface area contributed by atoms with Crippen LogP contribution < -0.4 is 0 Å². The number of para-hydroxylation sites is 1. The minimum absolute atomic E-state index is 0.124. The van der Waals surface area contributed by atoms with Gasteiger partial charge in [0.05, 0.1) is 5.52 Å². The molecule has 3 rings (SSSR count). The van der Waals surface area contributed by atoms with Gasteiger partial charge >= 0.3 is 5.91 Å². The molecule has 1 aromatic carbocycles. The molecular weight excluding hydrogens is 258 g/mol. The number of carbonyl (C=O) groups excluding carboxylic acids is 1. The van der Waals surface area contributed by atoms with Gasteiger partial charge in [-0.15, -0.1) is 10.2 Å². The number of carbonyl (C=O) groups is 1. The number of aromatic hydroxyl groups is 1. The number of hydrogen-bond donors (Lipinski definition) is 3. The van der Waals surface area contributed by atoms with Crippen LogP contribution in [0, 0.1) is 6.92 Å². The molecule has 20 heavy (non-hydrogen) atoms. The fourth-order valence-electron chi connectivity index (χ4n) is 1.89. The lowest BCUT2D eigenvalue weighted by molar-refractivity contribution is 0.0990. The Hall–Kier alpha value is -2.96. The van der Waals surface area contributed by atoms with Crippen molar-refractivity contribution in [3.8, 4) is 5.88 Å². The van der Waals surface area contributed by atoms with E-state index in [1.165, 1.54) is 0 Å². The molecule has 0 fully saturated rings. The Morgan fingerprint density at radius 3 is 2.90 bits per heavy atom. The molecule has 0 saturated carbocycles. The number of hydrogen-bond acceptors (Lipinski definition) is 4. The van der Waals surface area contributed by atoms with Gasteiger partial charge in [-0.3, -0.25) is 9.89 Å². The number of fused-ring (bicyclic) bond motifs is 1. The summed E-state index contributed by atoms with van der Waals surface area (Å²) in [6.45, 7) is 1.78. The highest BCUT2D eigenvalue weighted by Gasteiger charge is 2.12. The van der Waals surface area contributed by atoms with E-state index in [9.17, 15) is 9.90 Å². The van der Waals surface area contributed by atoms with E-state index < -0.39 is 5.91 Å². The van der Waals surface area contributed by atoms with E-state index in [1.807, 2.05) is 12.1 Å². The van der Waals surface area contributed by atoms with Crippen LogP contribution in [0.4, 0.5) is 5.69 Å². The van der Waals surface area contributed by atoms with Crippen molar-refractivity contribution < 1.29 is 9.90 Å². The molecule has 3 N–H and O–H groups in total. The number of aryl methyl sites for hydroxylation is 1. The Labute approximate surface area is 113 Å². The molecule has 100 valence electrons. The lowest BCUT2D eigenvalue weighted by Gasteiger charge is -1.90. The Morgan fingerprint density at radius 1 is 1.35 bits per heavy atom. The molecule has 0 bridgehead atoms. The van der Waals surface area contributed by atoms with Gasteiger partial charge in [0.25, 0.3) is 0 Å². The van der Waals surface area contributed by atoms with Crippen LogP contribution in [0.25, 0.3) is 10.9 Å². The summed E-state index contributed by atoms with van der Waals surface area (Å²) in [5.41, 5.74) is 1.91. The molecule has 0 radical (unpaired) electrons. The van der Waals surface area contributed by atoms with Gasteiger partial charge in [0, 0.05) is 11.1 Å². The van der Waals surface area contributed by atoms with Crippen LogP contribution in [-0.2, 0) is 0 Å². The molecule has 7 nitrogen and oxygen atoms in total. The Balaban J connectivity index is 1.95. The van der Waals surface area contributed by atoms with Gasteiger partial charge in [0.2, 0.25) is 5.88 Å². The third kappa shape index (κ3) is 2.05. The van der Waals surface area contributed by atoms with Crippen molar-refractivity contribution in [2.45, 2.75) is 6.92 Å². The quantitative estimate of drug-likeness (QED) is 0.622. The molecule has 0 aliphatic carbocycles. The maximum absolute atomic E-state index is 11.8. The highest BCUT2D eigenvalue weighted by Crippen LogP contribution is 2.35. The molecule has 3 aromatic rings. The maximum Gasteiger partial charge on any atom is 0.315 e. The fraction of sp³-hybridized carbons (Fsp3) is 0.0769. The summed E-state index contributed by atoms with van der Waals surface area (Å²) in [5.74, 6) is -0.694. The zero-order valence-corrected chi connectivity index (χ0v) is 10.6. The van der Waals surface area contributed by atoms with Crippen molar-refractivity contribution in [2.24, 2.45) is 10.2 Å². The van der Waals surface area contributed by atoms with E-state index in [-0.39, 0.29) is 17.3 Å². The van der Waals surface area contributed by atoms with Gasteiger partial charge in [-0.05, 0) is 19.1 Å². The predicted octanol–water partition coefficient (Wildman–Crippen LogP) is 2.83. The van der Waals surface area contributed by atoms with Gasteiger partial charge in [-0.25, -0.2) is 0 Å². The number of amides is 1. The van der Waals surface area contributed by atoms with Gasteiger partial charge in [-0.2, -0.15) is 5.10 Å². The van der Waals surface area contributed by atoms with Crippen LogP contribution in [0.3, 0.4) is 0 Å². The average Bonchev–Trinajstić information content (AvgIpc) is 2.99. The average molecular weight is 269 g/mol. The molecule has 0 atom stereocenters. The number of rotatable bonds is 2. The molecule has 0 unspecified atom stereocenters. The van der Waals surface area contributed by atoms with Crippen LogP contribution in [-0.4, -0.2) is 26.2 Å². The summed E-state index contributed by atoms with van der Waals surface area (Å²) in [5, 5.41) is 24.3. The van der Waals surface area contributed by atoms with Crippen molar-refractivity contribution in [3.63, 3.8) is 0 Å². The lowest BCUT2D eigenvalue weighted by atomic mass is 10.2. The van der Waals surface area contributed by atoms with Crippen LogP contribution in [0.15, 0.2) is 40.6 Å². The molecule has 7 heteroatoms. The maximum atomic E-state index is 11.8. The highest BCUT2D eigenvalue weighted by atomic mass is 16.3. The van der Waals surface area contributed by atoms with Crippen molar-refractivity contribution in [1.82, 2.24) is 15.2 Å². The molecular formula is C13H11N5O2. The van der Waals surface area contributed by atoms with Crippen molar-refractivity contribution in [3.05, 3.63) is 41.7 Å². The summed E-state index contributed by atoms with van der Waals surface area (Å²) < 4.78 is 0. The molecule has 1 amide bonds. The number of aromatic amines is 2. The summed E-state index contributed by atoms with van der Waals surface area (Å²) in [4.78, 5) is 14.5. The molecule has 0 saturated heterocycles. The fourth-order valence-corrected chi connectivity index (χ4v) is 1.89. The van der Waals surface area contributed by atoms with Gasteiger partial charge < -0.3 is 10.1 Å². The lowest BCUT2D eigenvalue weighted by Crippen LogP contribution is -1.93. The number of aromatic nitrogens is 3. The molecule has 2 aromatic heterocycles. The first-order valence-corrected chi connectivity index (χ1v) is 5.93. The van der Waals surface area contributed by atoms with E-state index in [2.05, 4.69) is 25.4 Å². The normalized spacial score (nSPS) is 11.4. The zero-order chi connectivity index (χ0) is 14.1. The minimum atomic E-state index is -0.570. The first kappa shape index (κ1) is 12.1. The largest absolute Gasteiger partial charge is 0.493 e. The summed E-state index contributed by atoms with van der Waals surface area (Å²) in [7, 11) is 0. The highest BCUT2D eigenvalue weighted by molar-refractivity contribution is 5.96. The first-order valence-electron chi connectivity index (χ1n) is 5.93. The van der Waals surface area contributed by atoms with Crippen LogP contribution in [0.1, 0.15) is 16.2 Å². The molecule has 0 aliphatic heterocycles. The third-order valence-corrected chi connectivity index (χ3v) is 2.83. The number of nitrogens with zero attached hydrogens (tertiary/aromatic N) is 3. The van der Waals surface area contributed by atoms with Crippen molar-refractivity contribution in [2.75, 3.05) is 0 Å². The van der Waals surface area contributed by atoms with E-state index in [0.717, 1.165) is 11.2 Å². The van der Waals surface area contributed by atoms with Gasteiger partial charge in [-0.1, -0.05) is 18.2 Å². The topological polar surface area (TPSA) is 106 Å². The van der Waals surface area contributed by atoms with E-state index in [1.54, 1.807) is 25.1 Å². The van der Waals surface area contributed by atoms with E-state index >= 15 is 0 Å². The number of benzene rings is 1. The number of nitrogens with one attached hydrogen (secondary N) is 2. The smallest absolute Gasteiger partial charge is 0.315 e. The van der Waals surface area contributed by atoms with Gasteiger partial charge in [0.1, 0.15) is 0 Å². The molecule has 0 aliphatic rings. The Kier molecular flexibility index (Phi) is 2.79. The standard InChI is InChI=1S/C13H11N5O2/c1-7-6-10(16-15-7)12(19)18-17-11-8-4-2-3-5-9(8)14-13(11)20/h2-6,14,20H,1H3,(H,15,16). The Bertz CT molecular complexity index is 815. The summed E-state index contributed by atoms with van der Waals surface area (Å²) >= 11 is 0. The van der Waals surface area contributed by atoms with E-state index in [0.29, 0.717) is 5.39 Å². The summed E-state index contributed by atoms with van der Waals surface area (Å²) in [6, 6.07) is 8.80. The summed E-state index contributed by atoms with van der Waals surface area (Å²) in [6.07, 6.45) is 0. The van der Waals surface area contributed by atoms with E-state index in [4.69, 9.17) is 0 Å². The number of H-pyrrole nitrogens is 2. The molecule has 0 spiro atoms. The first-order chi connectivity index (χ1) is 9.65. The Morgan fingerprint density at radius 2 is 2.15 bits per heavy atom. The van der Waals surface area contributed by atoms with Gasteiger partial charge in [0.15, 0.2) is 11.4 Å². The monoisotopic (exact) mass is 269 g/mol. The SMILES string of the molecule is Cc1cc(C(=O)N=Nc2c(O)[nH]c3ccccc23)n[nH]1. The minimum Gasteiger partial charge on any atom is -0.493 e. The second-order valence-corrected chi connectivity index (χ2v) is 4.31. The third-order valence-electron chi connectivity index (χ3n) is 2.83. The number of azo groups is 1. The zero-order valence-electron chi connectivity index (χ0n) is 10.6. The predicted molar refractivity (Wildman–Crippen MR) is 72.1 cm³/mol.